The minimum atomic E-state index is -0.248. The number of nitrogens with one attached hydrogen (secondary N) is 1. The van der Waals surface area contributed by atoms with Gasteiger partial charge in [-0.2, -0.15) is 5.10 Å². The molecule has 3 rings (SSSR count). The number of rotatable bonds is 4. The molecule has 0 aliphatic heterocycles. The van der Waals surface area contributed by atoms with E-state index >= 15 is 0 Å². The van der Waals surface area contributed by atoms with Gasteiger partial charge in [-0.3, -0.25) is 14.3 Å². The molecule has 0 unspecified atom stereocenters. The zero-order valence-electron chi connectivity index (χ0n) is 13.0. The lowest BCUT2D eigenvalue weighted by atomic mass is 9.85. The second kappa shape index (κ2) is 6.28. The van der Waals surface area contributed by atoms with Crippen molar-refractivity contribution in [2.75, 3.05) is 0 Å². The SMILES string of the molecule is Cn1cc(C(=O)NC2CCC(C(N)=O)CC2)c(-c2ccco2)n1. The van der Waals surface area contributed by atoms with Crippen molar-refractivity contribution < 1.29 is 14.0 Å². The highest BCUT2D eigenvalue weighted by Gasteiger charge is 2.27. The Labute approximate surface area is 133 Å². The molecule has 1 fully saturated rings. The summed E-state index contributed by atoms with van der Waals surface area (Å²) in [5, 5.41) is 7.33. The van der Waals surface area contributed by atoms with E-state index in [1.807, 2.05) is 0 Å². The van der Waals surface area contributed by atoms with Crippen molar-refractivity contribution in [2.45, 2.75) is 31.7 Å². The Bertz CT molecular complexity index is 697. The third kappa shape index (κ3) is 3.28. The van der Waals surface area contributed by atoms with Gasteiger partial charge < -0.3 is 15.5 Å². The lowest BCUT2D eigenvalue weighted by molar-refractivity contribution is -0.122. The van der Waals surface area contributed by atoms with Gasteiger partial charge in [0.05, 0.1) is 11.8 Å². The van der Waals surface area contributed by atoms with Crippen LogP contribution in [-0.2, 0) is 11.8 Å². The van der Waals surface area contributed by atoms with E-state index in [-0.39, 0.29) is 23.8 Å². The molecule has 122 valence electrons. The maximum atomic E-state index is 12.6. The summed E-state index contributed by atoms with van der Waals surface area (Å²) in [6.07, 6.45) is 6.20. The molecule has 2 amide bonds. The second-order valence-corrected chi connectivity index (χ2v) is 5.97. The minimum absolute atomic E-state index is 0.0581. The quantitative estimate of drug-likeness (QED) is 0.891. The third-order valence-corrected chi connectivity index (χ3v) is 4.29. The zero-order chi connectivity index (χ0) is 16.4. The van der Waals surface area contributed by atoms with Crippen LogP contribution in [0.1, 0.15) is 36.0 Å². The van der Waals surface area contributed by atoms with Crippen molar-refractivity contribution in [1.82, 2.24) is 15.1 Å². The zero-order valence-corrected chi connectivity index (χ0v) is 13.0. The van der Waals surface area contributed by atoms with E-state index in [9.17, 15) is 9.59 Å². The monoisotopic (exact) mass is 316 g/mol. The number of aryl methyl sites for hydroxylation is 1. The van der Waals surface area contributed by atoms with Gasteiger partial charge in [0.15, 0.2) is 5.76 Å². The molecule has 1 aliphatic carbocycles. The number of hydrogen-bond donors (Lipinski definition) is 2. The Morgan fingerprint density at radius 3 is 2.70 bits per heavy atom. The average molecular weight is 316 g/mol. The van der Waals surface area contributed by atoms with E-state index < -0.39 is 0 Å². The van der Waals surface area contributed by atoms with E-state index in [1.165, 1.54) is 0 Å². The van der Waals surface area contributed by atoms with Crippen LogP contribution in [0.2, 0.25) is 0 Å². The number of amides is 2. The van der Waals surface area contributed by atoms with Crippen LogP contribution in [0.15, 0.2) is 29.0 Å². The maximum absolute atomic E-state index is 12.6. The summed E-state index contributed by atoms with van der Waals surface area (Å²) in [6, 6.07) is 3.59. The van der Waals surface area contributed by atoms with Crippen LogP contribution in [0.5, 0.6) is 0 Å². The highest BCUT2D eigenvalue weighted by Crippen LogP contribution is 2.26. The smallest absolute Gasteiger partial charge is 0.255 e. The van der Waals surface area contributed by atoms with E-state index in [0.29, 0.717) is 17.0 Å². The first-order valence-corrected chi connectivity index (χ1v) is 7.72. The normalized spacial score (nSPS) is 21.1. The molecule has 23 heavy (non-hydrogen) atoms. The summed E-state index contributed by atoms with van der Waals surface area (Å²) < 4.78 is 6.94. The van der Waals surface area contributed by atoms with Gasteiger partial charge in [0.2, 0.25) is 5.91 Å². The van der Waals surface area contributed by atoms with E-state index in [0.717, 1.165) is 25.7 Å². The Kier molecular flexibility index (Phi) is 4.18. The van der Waals surface area contributed by atoms with E-state index in [2.05, 4.69) is 10.4 Å². The Balaban J connectivity index is 1.69. The Morgan fingerprint density at radius 2 is 2.09 bits per heavy atom. The molecule has 7 nitrogen and oxygen atoms in total. The summed E-state index contributed by atoms with van der Waals surface area (Å²) in [5.41, 5.74) is 6.35. The number of aromatic nitrogens is 2. The third-order valence-electron chi connectivity index (χ3n) is 4.29. The lowest BCUT2D eigenvalue weighted by Crippen LogP contribution is -2.39. The van der Waals surface area contributed by atoms with E-state index in [4.69, 9.17) is 10.2 Å². The van der Waals surface area contributed by atoms with Gasteiger partial charge in [0, 0.05) is 25.2 Å². The van der Waals surface area contributed by atoms with Gasteiger partial charge >= 0.3 is 0 Å². The molecule has 1 aliphatic rings. The number of hydrogen-bond acceptors (Lipinski definition) is 4. The number of furan rings is 1. The Morgan fingerprint density at radius 1 is 1.35 bits per heavy atom. The van der Waals surface area contributed by atoms with Crippen LogP contribution < -0.4 is 11.1 Å². The van der Waals surface area contributed by atoms with Gasteiger partial charge in [-0.1, -0.05) is 0 Å². The van der Waals surface area contributed by atoms with Crippen LogP contribution in [0.25, 0.3) is 11.5 Å². The molecule has 1 saturated carbocycles. The predicted octanol–water partition coefficient (Wildman–Crippen LogP) is 1.45. The first-order chi connectivity index (χ1) is 11.0. The van der Waals surface area contributed by atoms with Crippen molar-refractivity contribution in [3.63, 3.8) is 0 Å². The molecular formula is C16H20N4O3. The van der Waals surface area contributed by atoms with Crippen molar-refractivity contribution >= 4 is 11.8 Å². The summed E-state index contributed by atoms with van der Waals surface area (Å²) in [6.45, 7) is 0. The molecule has 0 bridgehead atoms. The molecule has 0 aromatic carbocycles. The fraction of sp³-hybridized carbons (Fsp3) is 0.438. The van der Waals surface area contributed by atoms with Gasteiger partial charge in [0.1, 0.15) is 5.69 Å². The van der Waals surface area contributed by atoms with Crippen LogP contribution in [0.3, 0.4) is 0 Å². The highest BCUT2D eigenvalue weighted by molar-refractivity contribution is 5.99. The molecule has 2 aromatic heterocycles. The van der Waals surface area contributed by atoms with Crippen LogP contribution in [0, 0.1) is 5.92 Å². The average Bonchev–Trinajstić information content (AvgIpc) is 3.16. The summed E-state index contributed by atoms with van der Waals surface area (Å²) in [4.78, 5) is 23.8. The molecule has 0 radical (unpaired) electrons. The number of carbonyl (C=O) groups is 2. The molecule has 0 spiro atoms. The number of nitrogens with zero attached hydrogens (tertiary/aromatic N) is 2. The number of nitrogens with two attached hydrogens (primary N) is 1. The molecule has 3 N–H and O–H groups in total. The van der Waals surface area contributed by atoms with Crippen molar-refractivity contribution in [1.29, 1.82) is 0 Å². The van der Waals surface area contributed by atoms with Crippen LogP contribution in [-0.4, -0.2) is 27.6 Å². The van der Waals surface area contributed by atoms with Crippen LogP contribution >= 0.6 is 0 Å². The summed E-state index contributed by atoms with van der Waals surface area (Å²) in [7, 11) is 1.77. The first-order valence-electron chi connectivity index (χ1n) is 7.72. The van der Waals surface area contributed by atoms with Gasteiger partial charge in [-0.15, -0.1) is 0 Å². The largest absolute Gasteiger partial charge is 0.463 e. The number of primary amides is 1. The van der Waals surface area contributed by atoms with Crippen molar-refractivity contribution in [2.24, 2.45) is 18.7 Å². The van der Waals surface area contributed by atoms with E-state index in [1.54, 1.807) is 36.3 Å². The van der Waals surface area contributed by atoms with Crippen molar-refractivity contribution in [3.8, 4) is 11.5 Å². The first kappa shape index (κ1) is 15.3. The molecule has 0 atom stereocenters. The fourth-order valence-electron chi connectivity index (χ4n) is 3.04. The van der Waals surface area contributed by atoms with Gasteiger partial charge in [-0.25, -0.2) is 0 Å². The molecular weight excluding hydrogens is 296 g/mol. The predicted molar refractivity (Wildman–Crippen MR) is 83.3 cm³/mol. The molecule has 0 saturated heterocycles. The molecule has 2 aromatic rings. The minimum Gasteiger partial charge on any atom is -0.463 e. The van der Waals surface area contributed by atoms with Gasteiger partial charge in [-0.05, 0) is 37.8 Å². The molecule has 2 heterocycles. The number of carbonyl (C=O) groups excluding carboxylic acids is 2. The second-order valence-electron chi connectivity index (χ2n) is 5.97. The van der Waals surface area contributed by atoms with Gasteiger partial charge in [0.25, 0.3) is 5.91 Å². The summed E-state index contributed by atoms with van der Waals surface area (Å²) in [5.74, 6) is 0.0718. The van der Waals surface area contributed by atoms with Crippen molar-refractivity contribution in [3.05, 3.63) is 30.2 Å². The fourth-order valence-corrected chi connectivity index (χ4v) is 3.04. The highest BCUT2D eigenvalue weighted by atomic mass is 16.3. The topological polar surface area (TPSA) is 103 Å². The maximum Gasteiger partial charge on any atom is 0.255 e. The Hall–Kier alpha value is -2.57. The standard InChI is InChI=1S/C16H20N4O3/c1-20-9-12(14(19-20)13-3-2-8-23-13)16(22)18-11-6-4-10(5-7-11)15(17)21/h2-3,8-11H,4-7H2,1H3,(H2,17,21)(H,18,22). The lowest BCUT2D eigenvalue weighted by Gasteiger charge is -2.27. The van der Waals surface area contributed by atoms with Crippen LogP contribution in [0.4, 0.5) is 0 Å². The summed E-state index contributed by atoms with van der Waals surface area (Å²) >= 11 is 0. The molecule has 7 heteroatoms.